The molecule has 2 aromatic rings. The first kappa shape index (κ1) is 11.5. The number of anilines is 1. The SMILES string of the molecule is Nc1ccn2cc(CCN3CCCCC3)nc2c1. The highest BCUT2D eigenvalue weighted by Gasteiger charge is 2.10. The van der Waals surface area contributed by atoms with Crippen LogP contribution in [0.2, 0.25) is 0 Å². The Hall–Kier alpha value is -1.55. The summed E-state index contributed by atoms with van der Waals surface area (Å²) in [5, 5.41) is 0. The van der Waals surface area contributed by atoms with E-state index in [0.29, 0.717) is 0 Å². The number of nitrogen functional groups attached to an aromatic ring is 1. The van der Waals surface area contributed by atoms with Crippen LogP contribution >= 0.6 is 0 Å². The highest BCUT2D eigenvalue weighted by atomic mass is 15.1. The molecule has 18 heavy (non-hydrogen) atoms. The van der Waals surface area contributed by atoms with E-state index in [1.165, 1.54) is 32.4 Å². The number of aromatic nitrogens is 2. The van der Waals surface area contributed by atoms with Crippen molar-refractivity contribution < 1.29 is 0 Å². The van der Waals surface area contributed by atoms with E-state index in [-0.39, 0.29) is 0 Å². The second kappa shape index (κ2) is 4.98. The average molecular weight is 244 g/mol. The number of hydrogen-bond donors (Lipinski definition) is 1. The van der Waals surface area contributed by atoms with Crippen LogP contribution in [0.3, 0.4) is 0 Å². The van der Waals surface area contributed by atoms with E-state index < -0.39 is 0 Å². The van der Waals surface area contributed by atoms with Crippen molar-refractivity contribution in [3.05, 3.63) is 30.2 Å². The first-order chi connectivity index (χ1) is 8.81. The molecule has 3 heterocycles. The molecule has 0 unspecified atom stereocenters. The van der Waals surface area contributed by atoms with Gasteiger partial charge in [0.25, 0.3) is 0 Å². The number of rotatable bonds is 3. The number of hydrogen-bond acceptors (Lipinski definition) is 3. The van der Waals surface area contributed by atoms with Crippen LogP contribution in [0, 0.1) is 0 Å². The van der Waals surface area contributed by atoms with Crippen LogP contribution in [-0.2, 0) is 6.42 Å². The van der Waals surface area contributed by atoms with Crippen molar-refractivity contribution in [1.82, 2.24) is 14.3 Å². The molecule has 3 rings (SSSR count). The maximum Gasteiger partial charge on any atom is 0.139 e. The van der Waals surface area contributed by atoms with Gasteiger partial charge in [0.2, 0.25) is 0 Å². The van der Waals surface area contributed by atoms with E-state index in [0.717, 1.165) is 30.0 Å². The standard InChI is InChI=1S/C14H20N4/c15-12-4-9-18-11-13(16-14(18)10-12)5-8-17-6-2-1-3-7-17/h4,9-11H,1-3,5-8,15H2. The molecule has 1 saturated heterocycles. The molecule has 2 N–H and O–H groups in total. The smallest absolute Gasteiger partial charge is 0.139 e. The number of imidazole rings is 1. The fourth-order valence-electron chi connectivity index (χ4n) is 2.63. The zero-order valence-corrected chi connectivity index (χ0v) is 10.7. The summed E-state index contributed by atoms with van der Waals surface area (Å²) in [4.78, 5) is 7.16. The van der Waals surface area contributed by atoms with Gasteiger partial charge in [-0.1, -0.05) is 6.42 Å². The van der Waals surface area contributed by atoms with Crippen LogP contribution in [0.4, 0.5) is 5.69 Å². The van der Waals surface area contributed by atoms with E-state index in [2.05, 4.69) is 16.1 Å². The monoisotopic (exact) mass is 244 g/mol. The first-order valence-corrected chi connectivity index (χ1v) is 6.77. The molecule has 96 valence electrons. The van der Waals surface area contributed by atoms with Crippen molar-refractivity contribution in [2.75, 3.05) is 25.4 Å². The van der Waals surface area contributed by atoms with Crippen LogP contribution in [0.15, 0.2) is 24.5 Å². The van der Waals surface area contributed by atoms with E-state index in [9.17, 15) is 0 Å². The first-order valence-electron chi connectivity index (χ1n) is 6.77. The molecule has 0 aromatic carbocycles. The summed E-state index contributed by atoms with van der Waals surface area (Å²) in [6, 6.07) is 3.83. The molecule has 4 heteroatoms. The second-order valence-electron chi connectivity index (χ2n) is 5.11. The topological polar surface area (TPSA) is 46.6 Å². The van der Waals surface area contributed by atoms with Crippen molar-refractivity contribution in [1.29, 1.82) is 0 Å². The molecule has 0 saturated carbocycles. The summed E-state index contributed by atoms with van der Waals surface area (Å²) < 4.78 is 2.04. The van der Waals surface area contributed by atoms with Gasteiger partial charge in [0.15, 0.2) is 0 Å². The summed E-state index contributed by atoms with van der Waals surface area (Å²) in [7, 11) is 0. The maximum absolute atomic E-state index is 5.76. The summed E-state index contributed by atoms with van der Waals surface area (Å²) in [6.45, 7) is 3.63. The molecule has 0 aliphatic carbocycles. The lowest BCUT2D eigenvalue weighted by molar-refractivity contribution is 0.231. The third-order valence-electron chi connectivity index (χ3n) is 3.67. The van der Waals surface area contributed by atoms with Crippen LogP contribution in [0.25, 0.3) is 5.65 Å². The fraction of sp³-hybridized carbons (Fsp3) is 0.500. The van der Waals surface area contributed by atoms with Crippen molar-refractivity contribution in [2.45, 2.75) is 25.7 Å². The normalized spacial score (nSPS) is 17.3. The third kappa shape index (κ3) is 2.48. The Balaban J connectivity index is 1.67. The summed E-state index contributed by atoms with van der Waals surface area (Å²) in [5.74, 6) is 0. The number of nitrogens with zero attached hydrogens (tertiary/aromatic N) is 3. The molecule has 0 atom stereocenters. The minimum Gasteiger partial charge on any atom is -0.399 e. The van der Waals surface area contributed by atoms with Crippen LogP contribution in [0.5, 0.6) is 0 Å². The van der Waals surface area contributed by atoms with E-state index in [1.54, 1.807) is 0 Å². The molecular formula is C14H20N4. The second-order valence-corrected chi connectivity index (χ2v) is 5.11. The number of nitrogens with two attached hydrogens (primary N) is 1. The molecule has 4 nitrogen and oxygen atoms in total. The lowest BCUT2D eigenvalue weighted by Gasteiger charge is -2.25. The molecule has 1 aliphatic rings. The Morgan fingerprint density at radius 3 is 2.89 bits per heavy atom. The van der Waals surface area contributed by atoms with E-state index in [4.69, 9.17) is 5.73 Å². The zero-order valence-electron chi connectivity index (χ0n) is 10.7. The maximum atomic E-state index is 5.76. The van der Waals surface area contributed by atoms with Crippen molar-refractivity contribution in [3.8, 4) is 0 Å². The Morgan fingerprint density at radius 2 is 2.06 bits per heavy atom. The molecule has 2 aromatic heterocycles. The number of fused-ring (bicyclic) bond motifs is 1. The molecule has 1 aliphatic heterocycles. The van der Waals surface area contributed by atoms with Gasteiger partial charge in [-0.2, -0.15) is 0 Å². The number of piperidine rings is 1. The van der Waals surface area contributed by atoms with E-state index >= 15 is 0 Å². The third-order valence-corrected chi connectivity index (χ3v) is 3.67. The van der Waals surface area contributed by atoms with Gasteiger partial charge in [-0.25, -0.2) is 4.98 Å². The largest absolute Gasteiger partial charge is 0.399 e. The van der Waals surface area contributed by atoms with Gasteiger partial charge in [0, 0.05) is 37.1 Å². The fourth-order valence-corrected chi connectivity index (χ4v) is 2.63. The summed E-state index contributed by atoms with van der Waals surface area (Å²) in [6.07, 6.45) is 9.20. The molecule has 0 bridgehead atoms. The minimum absolute atomic E-state index is 0.774. The number of pyridine rings is 1. The molecular weight excluding hydrogens is 224 g/mol. The molecule has 0 radical (unpaired) electrons. The Morgan fingerprint density at radius 1 is 1.22 bits per heavy atom. The predicted octanol–water partition coefficient (Wildman–Crippen LogP) is 1.94. The van der Waals surface area contributed by atoms with Gasteiger partial charge < -0.3 is 15.0 Å². The van der Waals surface area contributed by atoms with Gasteiger partial charge in [0.1, 0.15) is 5.65 Å². The lowest BCUT2D eigenvalue weighted by atomic mass is 10.1. The molecule has 0 amide bonds. The van der Waals surface area contributed by atoms with Crippen LogP contribution in [-0.4, -0.2) is 33.9 Å². The minimum atomic E-state index is 0.774. The Labute approximate surface area is 107 Å². The summed E-state index contributed by atoms with van der Waals surface area (Å²) >= 11 is 0. The van der Waals surface area contributed by atoms with Gasteiger partial charge in [-0.15, -0.1) is 0 Å². The van der Waals surface area contributed by atoms with Gasteiger partial charge in [-0.05, 0) is 32.0 Å². The number of likely N-dealkylation sites (tertiary alicyclic amines) is 1. The van der Waals surface area contributed by atoms with Gasteiger partial charge >= 0.3 is 0 Å². The highest BCUT2D eigenvalue weighted by Crippen LogP contribution is 2.12. The van der Waals surface area contributed by atoms with Crippen LogP contribution < -0.4 is 5.73 Å². The average Bonchev–Trinajstić information content (AvgIpc) is 2.79. The highest BCUT2D eigenvalue weighted by molar-refractivity contribution is 5.52. The van der Waals surface area contributed by atoms with Gasteiger partial charge in [-0.3, -0.25) is 0 Å². The van der Waals surface area contributed by atoms with Gasteiger partial charge in [0.05, 0.1) is 5.69 Å². The van der Waals surface area contributed by atoms with E-state index in [1.807, 2.05) is 22.7 Å². The van der Waals surface area contributed by atoms with Crippen molar-refractivity contribution in [2.24, 2.45) is 0 Å². The molecule has 0 spiro atoms. The van der Waals surface area contributed by atoms with Crippen molar-refractivity contribution in [3.63, 3.8) is 0 Å². The Kier molecular flexibility index (Phi) is 3.19. The predicted molar refractivity (Wildman–Crippen MR) is 73.6 cm³/mol. The Bertz CT molecular complexity index is 526. The molecule has 1 fully saturated rings. The van der Waals surface area contributed by atoms with Crippen molar-refractivity contribution >= 4 is 11.3 Å². The van der Waals surface area contributed by atoms with Crippen LogP contribution in [0.1, 0.15) is 25.0 Å². The quantitative estimate of drug-likeness (QED) is 0.897. The summed E-state index contributed by atoms with van der Waals surface area (Å²) in [5.41, 5.74) is 8.64. The zero-order chi connectivity index (χ0) is 12.4. The lowest BCUT2D eigenvalue weighted by Crippen LogP contribution is -2.31.